The van der Waals surface area contributed by atoms with Gasteiger partial charge >= 0.3 is 0 Å². The van der Waals surface area contributed by atoms with Crippen LogP contribution < -0.4 is 9.80 Å². The number of benzene rings is 1. The van der Waals surface area contributed by atoms with Gasteiger partial charge in [0, 0.05) is 49.7 Å². The van der Waals surface area contributed by atoms with Gasteiger partial charge in [-0.15, -0.1) is 0 Å². The molecule has 7 heteroatoms. The zero-order valence-electron chi connectivity index (χ0n) is 14.3. The molecular weight excluding hydrogens is 316 g/mol. The molecule has 1 aliphatic heterocycles. The van der Waals surface area contributed by atoms with Crippen molar-refractivity contribution in [3.05, 3.63) is 42.4 Å². The largest absolute Gasteiger partial charge is 0.508 e. The van der Waals surface area contributed by atoms with Crippen LogP contribution in [0.1, 0.15) is 19.0 Å². The van der Waals surface area contributed by atoms with Crippen molar-refractivity contribution in [3.63, 3.8) is 0 Å². The fraction of sp³-hybridized carbons (Fsp3) is 0.389. The summed E-state index contributed by atoms with van der Waals surface area (Å²) in [6.07, 6.45) is 3.56. The number of fused-ring (bicyclic) bond motifs is 1. The molecule has 0 radical (unpaired) electrons. The van der Waals surface area contributed by atoms with Crippen LogP contribution >= 0.6 is 0 Å². The Labute approximate surface area is 146 Å². The molecule has 1 saturated heterocycles. The lowest BCUT2D eigenvalue weighted by atomic mass is 10.2. The molecule has 0 bridgehead atoms. The number of aromatic nitrogens is 4. The summed E-state index contributed by atoms with van der Waals surface area (Å²) in [7, 11) is 0. The smallest absolute Gasteiger partial charge is 0.254 e. The van der Waals surface area contributed by atoms with E-state index in [4.69, 9.17) is 0 Å². The Hall–Kier alpha value is -2.83. The minimum atomic E-state index is 0.308. The highest BCUT2D eigenvalue weighted by Crippen LogP contribution is 2.24. The molecule has 0 amide bonds. The monoisotopic (exact) mass is 338 g/mol. The van der Waals surface area contributed by atoms with Gasteiger partial charge < -0.3 is 14.9 Å². The number of aromatic hydroxyl groups is 1. The van der Waals surface area contributed by atoms with Crippen LogP contribution in [0.15, 0.2) is 36.7 Å². The first-order chi connectivity index (χ1) is 12.2. The second kappa shape index (κ2) is 6.58. The van der Waals surface area contributed by atoms with Crippen LogP contribution in [0.25, 0.3) is 5.78 Å². The van der Waals surface area contributed by atoms with Gasteiger partial charge in [0.25, 0.3) is 5.78 Å². The summed E-state index contributed by atoms with van der Waals surface area (Å²) in [4.78, 5) is 13.5. The van der Waals surface area contributed by atoms with Crippen molar-refractivity contribution in [2.75, 3.05) is 36.0 Å². The molecule has 1 aliphatic rings. The molecule has 0 saturated carbocycles. The molecule has 0 aliphatic carbocycles. The number of phenols is 1. The van der Waals surface area contributed by atoms with E-state index in [9.17, 15) is 5.11 Å². The first-order valence-electron chi connectivity index (χ1n) is 8.73. The number of aryl methyl sites for hydroxylation is 1. The molecule has 7 nitrogen and oxygen atoms in total. The third-order valence-electron chi connectivity index (χ3n) is 4.59. The fourth-order valence-corrected chi connectivity index (χ4v) is 3.34. The topological polar surface area (TPSA) is 69.8 Å². The Morgan fingerprint density at radius 3 is 2.64 bits per heavy atom. The number of hydrogen-bond acceptors (Lipinski definition) is 6. The van der Waals surface area contributed by atoms with E-state index in [1.807, 2.05) is 22.7 Å². The molecule has 3 aromatic rings. The Balaban J connectivity index is 1.56. The molecule has 0 unspecified atom stereocenters. The predicted molar refractivity (Wildman–Crippen MR) is 97.3 cm³/mol. The molecule has 1 N–H and O–H groups in total. The van der Waals surface area contributed by atoms with Crippen molar-refractivity contribution in [1.82, 2.24) is 19.6 Å². The van der Waals surface area contributed by atoms with Gasteiger partial charge in [-0.1, -0.05) is 19.4 Å². The van der Waals surface area contributed by atoms with Crippen LogP contribution in [-0.4, -0.2) is 50.9 Å². The van der Waals surface area contributed by atoms with Crippen LogP contribution in [0.5, 0.6) is 5.75 Å². The lowest BCUT2D eigenvalue weighted by Gasteiger charge is -2.37. The number of piperazine rings is 1. The molecule has 130 valence electrons. The maximum absolute atomic E-state index is 9.69. The second-order valence-electron chi connectivity index (χ2n) is 6.32. The van der Waals surface area contributed by atoms with Crippen molar-refractivity contribution in [3.8, 4) is 5.75 Å². The Kier molecular flexibility index (Phi) is 4.13. The van der Waals surface area contributed by atoms with Gasteiger partial charge in [-0.2, -0.15) is 14.6 Å². The van der Waals surface area contributed by atoms with Crippen molar-refractivity contribution < 1.29 is 5.11 Å². The summed E-state index contributed by atoms with van der Waals surface area (Å²) in [5.74, 6) is 2.03. The van der Waals surface area contributed by atoms with Gasteiger partial charge in [0.1, 0.15) is 17.9 Å². The fourth-order valence-electron chi connectivity index (χ4n) is 3.34. The van der Waals surface area contributed by atoms with E-state index >= 15 is 0 Å². The van der Waals surface area contributed by atoms with Gasteiger partial charge in [-0.3, -0.25) is 0 Å². The number of hydrogen-bond donors (Lipinski definition) is 1. The van der Waals surface area contributed by atoms with Gasteiger partial charge in [0.2, 0.25) is 0 Å². The third-order valence-corrected chi connectivity index (χ3v) is 4.59. The van der Waals surface area contributed by atoms with Crippen molar-refractivity contribution in [2.24, 2.45) is 0 Å². The molecule has 1 aromatic carbocycles. The van der Waals surface area contributed by atoms with E-state index in [1.165, 1.54) is 0 Å². The maximum Gasteiger partial charge on any atom is 0.254 e. The van der Waals surface area contributed by atoms with E-state index in [-0.39, 0.29) is 0 Å². The highest BCUT2D eigenvalue weighted by Gasteiger charge is 2.21. The number of rotatable bonds is 4. The SMILES string of the molecule is CCCc1cc(N2CCN(c3cccc(O)c3)CC2)n2ncnc2n1. The van der Waals surface area contributed by atoms with Crippen LogP contribution in [0.3, 0.4) is 0 Å². The first-order valence-corrected chi connectivity index (χ1v) is 8.73. The van der Waals surface area contributed by atoms with Crippen LogP contribution in [-0.2, 0) is 6.42 Å². The molecule has 0 spiro atoms. The van der Waals surface area contributed by atoms with Gasteiger partial charge in [0.05, 0.1) is 0 Å². The Morgan fingerprint density at radius 2 is 1.88 bits per heavy atom. The lowest BCUT2D eigenvalue weighted by molar-refractivity contribution is 0.475. The molecule has 25 heavy (non-hydrogen) atoms. The quantitative estimate of drug-likeness (QED) is 0.786. The van der Waals surface area contributed by atoms with E-state index in [0.29, 0.717) is 11.5 Å². The van der Waals surface area contributed by atoms with Crippen molar-refractivity contribution in [1.29, 1.82) is 0 Å². The maximum atomic E-state index is 9.69. The van der Waals surface area contributed by atoms with E-state index in [2.05, 4.69) is 37.9 Å². The molecule has 2 aromatic heterocycles. The Morgan fingerprint density at radius 1 is 1.08 bits per heavy atom. The molecule has 4 rings (SSSR count). The van der Waals surface area contributed by atoms with E-state index in [0.717, 1.165) is 56.2 Å². The molecule has 1 fully saturated rings. The van der Waals surface area contributed by atoms with Crippen LogP contribution in [0.4, 0.5) is 11.5 Å². The van der Waals surface area contributed by atoms with Crippen LogP contribution in [0.2, 0.25) is 0 Å². The summed E-state index contributed by atoms with van der Waals surface area (Å²) in [5.41, 5.74) is 2.13. The molecule has 3 heterocycles. The zero-order valence-corrected chi connectivity index (χ0v) is 14.3. The minimum absolute atomic E-state index is 0.308. The average molecular weight is 338 g/mol. The summed E-state index contributed by atoms with van der Waals surface area (Å²) in [6.45, 7) is 5.72. The summed E-state index contributed by atoms with van der Waals surface area (Å²) >= 11 is 0. The molecular formula is C18H22N6O. The van der Waals surface area contributed by atoms with Gasteiger partial charge in [-0.05, 0) is 18.6 Å². The zero-order chi connectivity index (χ0) is 17.2. The minimum Gasteiger partial charge on any atom is -0.508 e. The van der Waals surface area contributed by atoms with E-state index in [1.54, 1.807) is 12.4 Å². The van der Waals surface area contributed by atoms with Gasteiger partial charge in [0.15, 0.2) is 0 Å². The highest BCUT2D eigenvalue weighted by molar-refractivity contribution is 5.53. The number of phenolic OH excluding ortho intramolecular Hbond substituents is 1. The average Bonchev–Trinajstić information content (AvgIpc) is 3.10. The number of nitrogens with zero attached hydrogens (tertiary/aromatic N) is 6. The summed E-state index contributed by atoms with van der Waals surface area (Å²) < 4.78 is 1.82. The molecule has 0 atom stereocenters. The predicted octanol–water partition coefficient (Wildman–Crippen LogP) is 2.11. The standard InChI is InChI=1S/C18H22N6O/c1-2-4-14-11-17(24-18(21-14)19-13-20-24)23-9-7-22(8-10-23)15-5-3-6-16(25)12-15/h3,5-6,11-13,25H,2,4,7-10H2,1H3. The number of anilines is 2. The Bertz CT molecular complexity index is 869. The third kappa shape index (κ3) is 3.09. The summed E-state index contributed by atoms with van der Waals surface area (Å²) in [6, 6.07) is 9.58. The summed E-state index contributed by atoms with van der Waals surface area (Å²) in [5, 5.41) is 14.0. The van der Waals surface area contributed by atoms with Gasteiger partial charge in [-0.25, -0.2) is 4.98 Å². The van der Waals surface area contributed by atoms with E-state index < -0.39 is 0 Å². The lowest BCUT2D eigenvalue weighted by Crippen LogP contribution is -2.47. The van der Waals surface area contributed by atoms with Crippen molar-refractivity contribution >= 4 is 17.3 Å². The first kappa shape index (κ1) is 15.7. The second-order valence-corrected chi connectivity index (χ2v) is 6.32. The van der Waals surface area contributed by atoms with Crippen LogP contribution in [0, 0.1) is 0 Å². The normalized spacial score (nSPS) is 15.1. The van der Waals surface area contributed by atoms with Crippen molar-refractivity contribution in [2.45, 2.75) is 19.8 Å². The highest BCUT2D eigenvalue weighted by atomic mass is 16.3.